The predicted octanol–water partition coefficient (Wildman–Crippen LogP) is 8.88. The van der Waals surface area contributed by atoms with Crippen LogP contribution in [-0.2, 0) is 52.1 Å². The van der Waals surface area contributed by atoms with Crippen molar-refractivity contribution in [3.63, 3.8) is 0 Å². The van der Waals surface area contributed by atoms with Crippen molar-refractivity contribution in [1.29, 1.82) is 0 Å². The van der Waals surface area contributed by atoms with Crippen molar-refractivity contribution in [1.82, 2.24) is 4.90 Å². The lowest BCUT2D eigenvalue weighted by Gasteiger charge is -2.47. The number of carbonyl (C=O) groups excluding carboxylic acids is 5. The van der Waals surface area contributed by atoms with E-state index in [1.807, 2.05) is 27.7 Å². The van der Waals surface area contributed by atoms with Gasteiger partial charge in [-0.2, -0.15) is 0 Å². The van der Waals surface area contributed by atoms with E-state index in [0.717, 1.165) is 11.1 Å². The van der Waals surface area contributed by atoms with Gasteiger partial charge in [-0.25, -0.2) is 4.79 Å². The number of amides is 1. The van der Waals surface area contributed by atoms with Crippen LogP contribution < -0.4 is 0 Å². The number of ketones is 3. The maximum Gasteiger partial charge on any atom is 0.329 e. The number of ether oxygens (including phenoxy) is 5. The molecule has 1 aliphatic carbocycles. The molecular formula is C52H87NO12Si. The van der Waals surface area contributed by atoms with Gasteiger partial charge in [-0.05, 0) is 106 Å². The minimum absolute atomic E-state index is 0.0389. The molecule has 4 rings (SSSR count). The third-order valence-electron chi connectivity index (χ3n) is 15.7. The molecule has 3 fully saturated rings. The number of allylic oxidation sites excluding steroid dienone is 3. The lowest BCUT2D eigenvalue weighted by atomic mass is 9.82. The third-order valence-corrected chi connectivity index (χ3v) is 21.9. The Morgan fingerprint density at radius 3 is 2.06 bits per heavy atom. The van der Waals surface area contributed by atoms with Crippen molar-refractivity contribution < 1.29 is 57.2 Å². The number of esters is 1. The summed E-state index contributed by atoms with van der Waals surface area (Å²) in [6.45, 7) is 25.1. The Morgan fingerprint density at radius 2 is 1.48 bits per heavy atom. The number of piperidine rings is 1. The third kappa shape index (κ3) is 12.6. The van der Waals surface area contributed by atoms with Gasteiger partial charge >= 0.3 is 5.97 Å². The van der Waals surface area contributed by atoms with Crippen LogP contribution in [0.2, 0.25) is 16.6 Å². The quantitative estimate of drug-likeness (QED) is 0.0907. The molecule has 376 valence electrons. The van der Waals surface area contributed by atoms with Crippen LogP contribution >= 0.6 is 0 Å². The molecule has 4 aliphatic rings. The van der Waals surface area contributed by atoms with Crippen LogP contribution in [0.25, 0.3) is 0 Å². The molecule has 3 aliphatic heterocycles. The lowest BCUT2D eigenvalue weighted by molar-refractivity contribution is -0.302. The smallest absolute Gasteiger partial charge is 0.329 e. The summed E-state index contributed by atoms with van der Waals surface area (Å²) >= 11 is 0. The van der Waals surface area contributed by atoms with Gasteiger partial charge in [0.15, 0.2) is 5.78 Å². The van der Waals surface area contributed by atoms with Gasteiger partial charge in [-0.3, -0.25) is 19.2 Å². The van der Waals surface area contributed by atoms with E-state index in [9.17, 15) is 29.1 Å². The number of rotatable bonds is 11. The highest BCUT2D eigenvalue weighted by atomic mass is 28.4. The van der Waals surface area contributed by atoms with Crippen LogP contribution in [0.15, 0.2) is 23.3 Å². The summed E-state index contributed by atoms with van der Waals surface area (Å²) in [7, 11) is 2.00. The van der Waals surface area contributed by atoms with Crippen LogP contribution in [-0.4, -0.2) is 124 Å². The molecule has 1 saturated carbocycles. The minimum Gasteiger partial charge on any atom is -0.456 e. The molecule has 0 aromatic rings. The Labute approximate surface area is 397 Å². The standard InChI is InChI=1S/C52H87NO12Si/c1-16-39-24-33(8)23-34(9)25-45(61-14)48-46(62-15)27-36(11)52(59,64-48)49(56)50(57)53-22-18-17-19-40(53)51(58)63-47(35(10)26-38-20-21-41(54)44(28-38)60-13)37(12)43(29-42(39)55)65-66(30(2)3,31(4)5)32(6)7/h24,26,30-32,34,36-40,43-48,59H,16-23,25,27-29H2,1-15H3/b33-24+,35-26?. The normalized spacial score (nSPS) is 36.5. The van der Waals surface area contributed by atoms with Gasteiger partial charge in [0.25, 0.3) is 11.7 Å². The minimum atomic E-state index is -2.65. The zero-order valence-electron chi connectivity index (χ0n) is 43.2. The molecule has 13 nitrogen and oxygen atoms in total. The largest absolute Gasteiger partial charge is 0.456 e. The lowest BCUT2D eigenvalue weighted by Crippen LogP contribution is -2.64. The average Bonchev–Trinajstić information content (AvgIpc) is 3.27. The summed E-state index contributed by atoms with van der Waals surface area (Å²) in [5, 5.41) is 12.2. The fraction of sp³-hybridized carbons (Fsp3) is 0.827. The molecule has 0 aromatic carbocycles. The highest BCUT2D eigenvalue weighted by Gasteiger charge is 2.57. The van der Waals surface area contributed by atoms with Crippen molar-refractivity contribution in [3.05, 3.63) is 23.3 Å². The Bertz CT molecular complexity index is 1720. The molecule has 1 amide bonds. The Hall–Kier alpha value is -2.59. The number of Topliss-reactive ketones (excluding diaryl/α,β-unsaturated/α-hetero) is 3. The first-order valence-corrected chi connectivity index (χ1v) is 27.3. The van der Waals surface area contributed by atoms with E-state index in [4.69, 9.17) is 28.1 Å². The number of carbonyl (C=O) groups is 5. The van der Waals surface area contributed by atoms with Crippen LogP contribution in [0.4, 0.5) is 0 Å². The van der Waals surface area contributed by atoms with Crippen LogP contribution in [0.5, 0.6) is 0 Å². The first kappa shape index (κ1) is 56.0. The van der Waals surface area contributed by atoms with Gasteiger partial charge in [0.05, 0.1) is 18.3 Å². The molecule has 0 radical (unpaired) electrons. The van der Waals surface area contributed by atoms with Gasteiger partial charge in [0.2, 0.25) is 14.1 Å². The SMILES string of the molecule is CCC1/C=C(\C)CC(C)CC(OC)C2OC(O)(C(=O)C(=O)N3CCCCC3C(=O)OC(C(C)=CC3CCC(=O)C(OC)C3)C(C)C(O[Si](C(C)C)(C(C)C)C(C)C)CC1=O)C(C)CC2OC. The maximum atomic E-state index is 14.9. The summed E-state index contributed by atoms with van der Waals surface area (Å²) < 4.78 is 38.1. The molecule has 66 heavy (non-hydrogen) atoms. The summed E-state index contributed by atoms with van der Waals surface area (Å²) in [6.07, 6.45) is 4.99. The van der Waals surface area contributed by atoms with E-state index in [-0.39, 0.29) is 71.8 Å². The first-order chi connectivity index (χ1) is 31.0. The van der Waals surface area contributed by atoms with E-state index in [1.54, 1.807) is 28.3 Å². The predicted molar refractivity (Wildman–Crippen MR) is 257 cm³/mol. The summed E-state index contributed by atoms with van der Waals surface area (Å²) in [4.78, 5) is 72.8. The van der Waals surface area contributed by atoms with Gasteiger partial charge in [-0.15, -0.1) is 0 Å². The Balaban J connectivity index is 1.93. The summed E-state index contributed by atoms with van der Waals surface area (Å²) in [5.74, 6) is -6.95. The molecule has 1 N–H and O–H groups in total. The van der Waals surface area contributed by atoms with Crippen LogP contribution in [0, 0.1) is 29.6 Å². The zero-order valence-corrected chi connectivity index (χ0v) is 44.2. The first-order valence-electron chi connectivity index (χ1n) is 25.1. The molecule has 2 saturated heterocycles. The number of nitrogens with zero attached hydrogens (tertiary/aromatic N) is 1. The van der Waals surface area contributed by atoms with Gasteiger partial charge in [0, 0.05) is 58.5 Å². The number of cyclic esters (lactones) is 1. The Morgan fingerprint density at radius 1 is 0.864 bits per heavy atom. The fourth-order valence-corrected chi connectivity index (χ4v) is 17.7. The van der Waals surface area contributed by atoms with Gasteiger partial charge in [0.1, 0.15) is 30.1 Å². The molecular weight excluding hydrogens is 859 g/mol. The van der Waals surface area contributed by atoms with E-state index in [1.165, 1.54) is 4.90 Å². The molecule has 2 bridgehead atoms. The van der Waals surface area contributed by atoms with E-state index in [2.05, 4.69) is 60.6 Å². The number of hydrogen-bond acceptors (Lipinski definition) is 12. The highest BCUT2D eigenvalue weighted by molar-refractivity contribution is 6.77. The van der Waals surface area contributed by atoms with Gasteiger partial charge < -0.3 is 38.1 Å². The second kappa shape index (κ2) is 24.3. The van der Waals surface area contributed by atoms with Crippen LogP contribution in [0.1, 0.15) is 154 Å². The van der Waals surface area contributed by atoms with E-state index in [0.29, 0.717) is 51.4 Å². The highest BCUT2D eigenvalue weighted by Crippen LogP contribution is 2.46. The zero-order chi connectivity index (χ0) is 49.4. The molecule has 14 heteroatoms. The molecule has 0 aromatic heterocycles. The van der Waals surface area contributed by atoms with Crippen molar-refractivity contribution in [3.8, 4) is 0 Å². The van der Waals surface area contributed by atoms with Crippen molar-refractivity contribution in [2.45, 2.75) is 219 Å². The van der Waals surface area contributed by atoms with Crippen molar-refractivity contribution >= 4 is 37.5 Å². The van der Waals surface area contributed by atoms with Crippen LogP contribution in [0.3, 0.4) is 0 Å². The van der Waals surface area contributed by atoms with E-state index >= 15 is 0 Å². The summed E-state index contributed by atoms with van der Waals surface area (Å²) in [6, 6.07) is -1.12. The Kier molecular flexibility index (Phi) is 20.6. The number of fused-ring (bicyclic) bond motifs is 3. The number of aliphatic hydroxyl groups is 1. The monoisotopic (exact) mass is 946 g/mol. The second-order valence-corrected chi connectivity index (χ2v) is 26.8. The molecule has 3 heterocycles. The molecule has 13 unspecified atom stereocenters. The van der Waals surface area contributed by atoms with Gasteiger partial charge in [-0.1, -0.05) is 87.0 Å². The average molecular weight is 946 g/mol. The van der Waals surface area contributed by atoms with Crippen molar-refractivity contribution in [2.75, 3.05) is 27.9 Å². The van der Waals surface area contributed by atoms with E-state index < -0.39 is 86.3 Å². The van der Waals surface area contributed by atoms with Crippen molar-refractivity contribution in [2.24, 2.45) is 29.6 Å². The maximum absolute atomic E-state index is 14.9. The topological polar surface area (TPSA) is 164 Å². The number of hydrogen-bond donors (Lipinski definition) is 1. The summed E-state index contributed by atoms with van der Waals surface area (Å²) in [5.41, 5.74) is 2.41. The second-order valence-electron chi connectivity index (χ2n) is 21.4. The fourth-order valence-electron chi connectivity index (χ4n) is 12.0. The number of methoxy groups -OCH3 is 3. The molecule has 0 spiro atoms. The molecule has 13 atom stereocenters.